The van der Waals surface area contributed by atoms with Crippen LogP contribution in [0.2, 0.25) is 0 Å². The molecule has 0 radical (unpaired) electrons. The van der Waals surface area contributed by atoms with Gasteiger partial charge in [-0.2, -0.15) is 10.2 Å². The van der Waals surface area contributed by atoms with Crippen LogP contribution in [-0.4, -0.2) is 44.0 Å². The van der Waals surface area contributed by atoms with Gasteiger partial charge in [-0.1, -0.05) is 18.2 Å². The van der Waals surface area contributed by atoms with E-state index in [1.54, 1.807) is 6.07 Å². The highest BCUT2D eigenvalue weighted by Gasteiger charge is 2.25. The smallest absolute Gasteiger partial charge is 0.320 e. The molecule has 1 heterocycles. The number of phenols is 1. The molecule has 32 heavy (non-hydrogen) atoms. The summed E-state index contributed by atoms with van der Waals surface area (Å²) in [6, 6.07) is 10.2. The Morgan fingerprint density at radius 1 is 1.22 bits per heavy atom. The molecule has 0 aliphatic carbocycles. The number of hydrazone groups is 1. The van der Waals surface area contributed by atoms with E-state index in [0.717, 1.165) is 12.4 Å². The molecular formula is C19H16N6O7. The number of nitrogens with one attached hydrogen (secondary N) is 1. The van der Waals surface area contributed by atoms with Gasteiger partial charge in [-0.05, 0) is 17.7 Å². The lowest BCUT2D eigenvalue weighted by Crippen LogP contribution is -2.19. The Hall–Kier alpha value is -4.81. The number of hydrogen-bond acceptors (Lipinski definition) is 9. The van der Waals surface area contributed by atoms with Gasteiger partial charge in [0.05, 0.1) is 29.7 Å². The molecule has 164 valence electrons. The minimum Gasteiger partial charge on any atom is -0.504 e. The Kier molecular flexibility index (Phi) is 6.39. The van der Waals surface area contributed by atoms with Crippen molar-refractivity contribution in [2.24, 2.45) is 5.10 Å². The summed E-state index contributed by atoms with van der Waals surface area (Å²) in [5, 5.41) is 39.7. The molecule has 0 aliphatic heterocycles. The van der Waals surface area contributed by atoms with Gasteiger partial charge in [-0.3, -0.25) is 29.7 Å². The van der Waals surface area contributed by atoms with E-state index < -0.39 is 27.1 Å². The van der Waals surface area contributed by atoms with Gasteiger partial charge in [-0.15, -0.1) is 0 Å². The molecule has 0 bridgehead atoms. The van der Waals surface area contributed by atoms with Crippen molar-refractivity contribution in [3.8, 4) is 11.5 Å². The Bertz CT molecular complexity index is 1200. The van der Waals surface area contributed by atoms with E-state index in [1.807, 2.05) is 0 Å². The summed E-state index contributed by atoms with van der Waals surface area (Å²) in [5.41, 5.74) is 1.87. The van der Waals surface area contributed by atoms with E-state index in [1.165, 1.54) is 48.2 Å². The van der Waals surface area contributed by atoms with Crippen LogP contribution < -0.4 is 10.2 Å². The van der Waals surface area contributed by atoms with Crippen LogP contribution >= 0.6 is 0 Å². The number of nitrogens with zero attached hydrogens (tertiary/aromatic N) is 5. The number of phenolic OH excluding ortho intramolecular Hbond substituents is 1. The van der Waals surface area contributed by atoms with Crippen LogP contribution in [0, 0.1) is 20.2 Å². The third-order valence-corrected chi connectivity index (χ3v) is 4.27. The quantitative estimate of drug-likeness (QED) is 0.304. The fourth-order valence-corrected chi connectivity index (χ4v) is 2.72. The minimum atomic E-state index is -0.933. The number of non-ortho nitro benzene ring substituents is 1. The number of hydrogen-bond donors (Lipinski definition) is 2. The molecular weight excluding hydrogens is 424 g/mol. The maximum atomic E-state index is 12.4. The molecule has 13 heteroatoms. The van der Waals surface area contributed by atoms with Gasteiger partial charge < -0.3 is 9.84 Å². The molecule has 0 saturated heterocycles. The molecule has 0 aliphatic rings. The topological polar surface area (TPSA) is 175 Å². The predicted molar refractivity (Wildman–Crippen MR) is 111 cm³/mol. The predicted octanol–water partition coefficient (Wildman–Crippen LogP) is 2.23. The largest absolute Gasteiger partial charge is 0.504 e. The monoisotopic (exact) mass is 440 g/mol. The second-order valence-corrected chi connectivity index (χ2v) is 6.34. The number of aromatic nitrogens is 2. The zero-order valence-corrected chi connectivity index (χ0v) is 16.5. The summed E-state index contributed by atoms with van der Waals surface area (Å²) >= 11 is 0. The number of amides is 1. The number of carbonyl (C=O) groups excluding carboxylic acids is 1. The maximum absolute atomic E-state index is 12.4. The van der Waals surface area contributed by atoms with Crippen molar-refractivity contribution >= 4 is 23.5 Å². The second kappa shape index (κ2) is 9.34. The Morgan fingerprint density at radius 2 is 1.94 bits per heavy atom. The van der Waals surface area contributed by atoms with E-state index in [4.69, 9.17) is 4.74 Å². The summed E-state index contributed by atoms with van der Waals surface area (Å²) in [6.07, 6.45) is 2.23. The summed E-state index contributed by atoms with van der Waals surface area (Å²) in [6.45, 7) is 0.0487. The number of carbonyl (C=O) groups is 1. The van der Waals surface area contributed by atoms with Crippen LogP contribution in [0.5, 0.6) is 11.5 Å². The number of rotatable bonds is 8. The van der Waals surface area contributed by atoms with Gasteiger partial charge in [0.15, 0.2) is 11.5 Å². The summed E-state index contributed by atoms with van der Waals surface area (Å²) < 4.78 is 6.15. The number of nitro benzene ring substituents is 1. The number of nitro groups is 2. The molecule has 0 unspecified atom stereocenters. The van der Waals surface area contributed by atoms with Crippen LogP contribution in [0.15, 0.2) is 53.8 Å². The zero-order chi connectivity index (χ0) is 23.3. The number of ether oxygens (including phenoxy) is 1. The number of para-hydroxylation sites is 1. The molecule has 0 saturated carbocycles. The molecule has 3 aromatic rings. The van der Waals surface area contributed by atoms with Crippen molar-refractivity contribution in [2.45, 2.75) is 6.54 Å². The number of benzene rings is 2. The van der Waals surface area contributed by atoms with Gasteiger partial charge in [0.2, 0.25) is 5.69 Å². The maximum Gasteiger partial charge on any atom is 0.320 e. The fraction of sp³-hybridized carbons (Fsp3) is 0.105. The first-order chi connectivity index (χ1) is 15.3. The van der Waals surface area contributed by atoms with Crippen LogP contribution in [0.1, 0.15) is 21.6 Å². The first-order valence-electron chi connectivity index (χ1n) is 8.94. The first-order valence-corrected chi connectivity index (χ1v) is 8.94. The SMILES string of the molecule is COc1cccc(/C=N/NC(=O)c2nn(Cc3ccc([N+](=O)[O-])cc3)cc2[N+](=O)[O-])c1O. The highest BCUT2D eigenvalue weighted by Crippen LogP contribution is 2.28. The fourth-order valence-electron chi connectivity index (χ4n) is 2.72. The Morgan fingerprint density at radius 3 is 2.56 bits per heavy atom. The summed E-state index contributed by atoms with van der Waals surface area (Å²) in [5.74, 6) is -0.912. The molecule has 0 fully saturated rings. The molecule has 0 atom stereocenters. The van der Waals surface area contributed by atoms with E-state index in [0.29, 0.717) is 5.56 Å². The van der Waals surface area contributed by atoms with Crippen LogP contribution in [0.25, 0.3) is 0 Å². The van der Waals surface area contributed by atoms with Crippen molar-refractivity contribution in [1.29, 1.82) is 0 Å². The lowest BCUT2D eigenvalue weighted by atomic mass is 10.2. The molecule has 1 aromatic heterocycles. The molecule has 2 aromatic carbocycles. The highest BCUT2D eigenvalue weighted by atomic mass is 16.6. The summed E-state index contributed by atoms with van der Waals surface area (Å²) in [4.78, 5) is 33.2. The average Bonchev–Trinajstić information content (AvgIpc) is 3.19. The summed E-state index contributed by atoms with van der Waals surface area (Å²) in [7, 11) is 1.38. The van der Waals surface area contributed by atoms with Gasteiger partial charge in [0, 0.05) is 17.7 Å². The average molecular weight is 440 g/mol. The minimum absolute atomic E-state index is 0.0487. The molecule has 0 spiro atoms. The van der Waals surface area contributed by atoms with Crippen molar-refractivity contribution in [3.05, 3.63) is 85.7 Å². The first kappa shape index (κ1) is 21.9. The van der Waals surface area contributed by atoms with E-state index in [2.05, 4.69) is 15.6 Å². The molecule has 2 N–H and O–H groups in total. The lowest BCUT2D eigenvalue weighted by Gasteiger charge is -2.04. The van der Waals surface area contributed by atoms with Crippen LogP contribution in [-0.2, 0) is 6.54 Å². The number of methoxy groups -OCH3 is 1. The van der Waals surface area contributed by atoms with Gasteiger partial charge >= 0.3 is 5.69 Å². The van der Waals surface area contributed by atoms with E-state index in [9.17, 15) is 30.1 Å². The van der Waals surface area contributed by atoms with Crippen LogP contribution in [0.4, 0.5) is 11.4 Å². The van der Waals surface area contributed by atoms with Crippen LogP contribution in [0.3, 0.4) is 0 Å². The zero-order valence-electron chi connectivity index (χ0n) is 16.5. The normalized spacial score (nSPS) is 10.8. The molecule has 3 rings (SSSR count). The Balaban J connectivity index is 1.76. The van der Waals surface area contributed by atoms with Crippen molar-refractivity contribution in [1.82, 2.24) is 15.2 Å². The third kappa shape index (κ3) is 4.84. The Labute approximate surface area is 179 Å². The standard InChI is InChI=1S/C19H16N6O7/c1-32-16-4-2-3-13(18(16)26)9-20-21-19(27)17-15(25(30)31)11-23(22-17)10-12-5-7-14(8-6-12)24(28)29/h2-9,11,26H,10H2,1H3,(H,21,27)/b20-9+. The van der Waals surface area contributed by atoms with Crippen molar-refractivity contribution in [2.75, 3.05) is 7.11 Å². The van der Waals surface area contributed by atoms with Gasteiger partial charge in [0.25, 0.3) is 11.6 Å². The highest BCUT2D eigenvalue weighted by molar-refractivity contribution is 5.96. The van der Waals surface area contributed by atoms with E-state index in [-0.39, 0.29) is 29.3 Å². The molecule has 13 nitrogen and oxygen atoms in total. The second-order valence-electron chi connectivity index (χ2n) is 6.34. The van der Waals surface area contributed by atoms with Crippen molar-refractivity contribution in [3.63, 3.8) is 0 Å². The van der Waals surface area contributed by atoms with Gasteiger partial charge in [-0.25, -0.2) is 5.43 Å². The third-order valence-electron chi connectivity index (χ3n) is 4.27. The van der Waals surface area contributed by atoms with E-state index >= 15 is 0 Å². The van der Waals surface area contributed by atoms with Crippen molar-refractivity contribution < 1.29 is 24.5 Å². The molecule has 1 amide bonds. The lowest BCUT2D eigenvalue weighted by molar-refractivity contribution is -0.385. The number of aromatic hydroxyl groups is 1. The van der Waals surface area contributed by atoms with Gasteiger partial charge in [0.1, 0.15) is 6.20 Å².